The van der Waals surface area contributed by atoms with Gasteiger partial charge >= 0.3 is 0 Å². The number of carbonyl (C=O) groups excluding carboxylic acids is 1. The first kappa shape index (κ1) is 14.8. The van der Waals surface area contributed by atoms with E-state index in [4.69, 9.17) is 4.74 Å². The number of likely N-dealkylation sites (N-methyl/N-ethyl adjacent to an activating group) is 1. The summed E-state index contributed by atoms with van der Waals surface area (Å²) in [6.07, 6.45) is 0.0464. The van der Waals surface area contributed by atoms with Crippen molar-refractivity contribution in [3.8, 4) is 5.75 Å². The van der Waals surface area contributed by atoms with E-state index in [2.05, 4.69) is 17.1 Å². The van der Waals surface area contributed by atoms with Crippen molar-refractivity contribution in [3.63, 3.8) is 0 Å². The van der Waals surface area contributed by atoms with Crippen molar-refractivity contribution in [1.82, 2.24) is 10.2 Å². The molecule has 20 heavy (non-hydrogen) atoms. The van der Waals surface area contributed by atoms with Crippen molar-refractivity contribution in [2.75, 3.05) is 32.8 Å². The van der Waals surface area contributed by atoms with Crippen molar-refractivity contribution in [3.05, 3.63) is 29.3 Å². The monoisotopic (exact) mass is 278 g/mol. The Hall–Kier alpha value is -1.59. The standard InChI is InChI=1S/C15H22N2O3/c1-3-17-6-7-20-13(10-17)9-16-15(19)14-5-4-12(18)8-11(14)2/h4-5,8,13,18H,3,6-7,9-10H2,1-2H3,(H,16,19). The van der Waals surface area contributed by atoms with Gasteiger partial charge in [-0.25, -0.2) is 0 Å². The zero-order valence-corrected chi connectivity index (χ0v) is 12.1. The van der Waals surface area contributed by atoms with Crippen molar-refractivity contribution < 1.29 is 14.6 Å². The molecule has 1 aliphatic rings. The predicted molar refractivity (Wildman–Crippen MR) is 77.0 cm³/mol. The molecule has 1 heterocycles. The number of aryl methyl sites for hydroxylation is 1. The van der Waals surface area contributed by atoms with E-state index in [-0.39, 0.29) is 17.8 Å². The van der Waals surface area contributed by atoms with Crippen LogP contribution in [0.3, 0.4) is 0 Å². The SMILES string of the molecule is CCN1CCOC(CNC(=O)c2ccc(O)cc2C)C1. The fourth-order valence-corrected chi connectivity index (χ4v) is 2.40. The maximum absolute atomic E-state index is 12.1. The molecule has 0 aliphatic carbocycles. The average molecular weight is 278 g/mol. The predicted octanol–water partition coefficient (Wildman–Crippen LogP) is 1.15. The van der Waals surface area contributed by atoms with Gasteiger partial charge in [-0.2, -0.15) is 0 Å². The number of rotatable bonds is 4. The Labute approximate surface area is 119 Å². The number of phenols is 1. The maximum Gasteiger partial charge on any atom is 0.251 e. The highest BCUT2D eigenvalue weighted by Crippen LogP contribution is 2.15. The van der Waals surface area contributed by atoms with E-state index < -0.39 is 0 Å². The van der Waals surface area contributed by atoms with Gasteiger partial charge in [0.1, 0.15) is 5.75 Å². The van der Waals surface area contributed by atoms with Crippen LogP contribution in [0.1, 0.15) is 22.8 Å². The molecule has 1 atom stereocenters. The number of phenolic OH excluding ortho intramolecular Hbond substituents is 1. The van der Waals surface area contributed by atoms with Gasteiger partial charge in [0, 0.05) is 25.2 Å². The van der Waals surface area contributed by atoms with Gasteiger partial charge in [0.2, 0.25) is 0 Å². The van der Waals surface area contributed by atoms with E-state index in [1.165, 1.54) is 6.07 Å². The molecule has 1 aromatic carbocycles. The topological polar surface area (TPSA) is 61.8 Å². The largest absolute Gasteiger partial charge is 0.508 e. The van der Waals surface area contributed by atoms with Crippen LogP contribution in [-0.4, -0.2) is 54.8 Å². The smallest absolute Gasteiger partial charge is 0.251 e. The molecule has 110 valence electrons. The number of aromatic hydroxyl groups is 1. The molecule has 0 saturated carbocycles. The summed E-state index contributed by atoms with van der Waals surface area (Å²) < 4.78 is 5.65. The van der Waals surface area contributed by atoms with E-state index in [9.17, 15) is 9.90 Å². The first-order chi connectivity index (χ1) is 9.60. The van der Waals surface area contributed by atoms with Crippen LogP contribution in [0.4, 0.5) is 0 Å². The summed E-state index contributed by atoms with van der Waals surface area (Å²) in [5, 5.41) is 12.3. The minimum absolute atomic E-state index is 0.0464. The zero-order valence-electron chi connectivity index (χ0n) is 12.1. The fraction of sp³-hybridized carbons (Fsp3) is 0.533. The molecule has 0 radical (unpaired) electrons. The van der Waals surface area contributed by atoms with Crippen LogP contribution >= 0.6 is 0 Å². The molecule has 0 bridgehead atoms. The van der Waals surface area contributed by atoms with E-state index >= 15 is 0 Å². The van der Waals surface area contributed by atoms with Crippen LogP contribution in [-0.2, 0) is 4.74 Å². The third-order valence-electron chi connectivity index (χ3n) is 3.62. The van der Waals surface area contributed by atoms with Crippen LogP contribution < -0.4 is 5.32 Å². The first-order valence-electron chi connectivity index (χ1n) is 7.02. The van der Waals surface area contributed by atoms with E-state index in [1.807, 2.05) is 6.92 Å². The van der Waals surface area contributed by atoms with Crippen LogP contribution in [0.2, 0.25) is 0 Å². The molecular formula is C15H22N2O3. The minimum atomic E-state index is -0.125. The Bertz CT molecular complexity index is 476. The molecule has 1 aromatic rings. The number of morpholine rings is 1. The fourth-order valence-electron chi connectivity index (χ4n) is 2.40. The number of hydrogen-bond acceptors (Lipinski definition) is 4. The number of carbonyl (C=O) groups is 1. The minimum Gasteiger partial charge on any atom is -0.508 e. The second-order valence-electron chi connectivity index (χ2n) is 5.10. The highest BCUT2D eigenvalue weighted by molar-refractivity contribution is 5.95. The number of benzene rings is 1. The number of nitrogens with zero attached hydrogens (tertiary/aromatic N) is 1. The van der Waals surface area contributed by atoms with Gasteiger partial charge in [0.05, 0.1) is 12.7 Å². The van der Waals surface area contributed by atoms with Gasteiger partial charge in [-0.3, -0.25) is 9.69 Å². The highest BCUT2D eigenvalue weighted by Gasteiger charge is 2.20. The number of ether oxygens (including phenoxy) is 1. The Balaban J connectivity index is 1.88. The summed E-state index contributed by atoms with van der Waals surface area (Å²) in [6.45, 7) is 7.97. The molecule has 0 aromatic heterocycles. The molecule has 1 unspecified atom stereocenters. The zero-order chi connectivity index (χ0) is 14.5. The van der Waals surface area contributed by atoms with Gasteiger partial charge < -0.3 is 15.2 Å². The summed E-state index contributed by atoms with van der Waals surface area (Å²) in [6, 6.07) is 4.75. The number of hydrogen-bond donors (Lipinski definition) is 2. The lowest BCUT2D eigenvalue weighted by Gasteiger charge is -2.32. The van der Waals surface area contributed by atoms with Crippen LogP contribution in [0.15, 0.2) is 18.2 Å². The van der Waals surface area contributed by atoms with Gasteiger partial charge in [-0.15, -0.1) is 0 Å². The normalized spacial score (nSPS) is 19.8. The van der Waals surface area contributed by atoms with Gasteiger partial charge in [-0.1, -0.05) is 6.92 Å². The maximum atomic E-state index is 12.1. The molecule has 1 aliphatic heterocycles. The van der Waals surface area contributed by atoms with Gasteiger partial charge in [0.15, 0.2) is 0 Å². The van der Waals surface area contributed by atoms with E-state index in [0.29, 0.717) is 18.7 Å². The van der Waals surface area contributed by atoms with Crippen LogP contribution in [0.5, 0.6) is 5.75 Å². The van der Waals surface area contributed by atoms with Crippen molar-refractivity contribution in [1.29, 1.82) is 0 Å². The van der Waals surface area contributed by atoms with E-state index in [0.717, 1.165) is 25.2 Å². The van der Waals surface area contributed by atoms with Crippen molar-refractivity contribution in [2.45, 2.75) is 20.0 Å². The summed E-state index contributed by atoms with van der Waals surface area (Å²) in [5.74, 6) is 0.0490. The lowest BCUT2D eigenvalue weighted by molar-refractivity contribution is -0.0246. The molecule has 5 nitrogen and oxygen atoms in total. The Morgan fingerprint density at radius 2 is 2.35 bits per heavy atom. The molecule has 0 spiro atoms. The lowest BCUT2D eigenvalue weighted by Crippen LogP contribution is -2.47. The quantitative estimate of drug-likeness (QED) is 0.867. The lowest BCUT2D eigenvalue weighted by atomic mass is 10.1. The second-order valence-corrected chi connectivity index (χ2v) is 5.10. The number of nitrogens with one attached hydrogen (secondary N) is 1. The molecule has 1 saturated heterocycles. The molecule has 2 rings (SSSR count). The summed E-state index contributed by atoms with van der Waals surface area (Å²) in [4.78, 5) is 14.4. The molecule has 1 amide bonds. The third-order valence-corrected chi connectivity index (χ3v) is 3.62. The van der Waals surface area contributed by atoms with E-state index in [1.54, 1.807) is 12.1 Å². The van der Waals surface area contributed by atoms with Gasteiger partial charge in [0.25, 0.3) is 5.91 Å². The Morgan fingerprint density at radius 3 is 3.05 bits per heavy atom. The average Bonchev–Trinajstić information content (AvgIpc) is 2.45. The van der Waals surface area contributed by atoms with Crippen LogP contribution in [0.25, 0.3) is 0 Å². The molecule has 2 N–H and O–H groups in total. The van der Waals surface area contributed by atoms with Gasteiger partial charge in [-0.05, 0) is 37.2 Å². The third kappa shape index (κ3) is 3.71. The summed E-state index contributed by atoms with van der Waals surface area (Å²) in [5.41, 5.74) is 1.35. The highest BCUT2D eigenvalue weighted by atomic mass is 16.5. The Kier molecular flexibility index (Phi) is 4.98. The van der Waals surface area contributed by atoms with Crippen LogP contribution in [0, 0.1) is 6.92 Å². The molecule has 5 heteroatoms. The number of amides is 1. The summed E-state index contributed by atoms with van der Waals surface area (Å²) in [7, 11) is 0. The molecule has 1 fully saturated rings. The molecular weight excluding hydrogens is 256 g/mol. The summed E-state index contributed by atoms with van der Waals surface area (Å²) >= 11 is 0. The van der Waals surface area contributed by atoms with Crippen molar-refractivity contribution >= 4 is 5.91 Å². The van der Waals surface area contributed by atoms with Crippen molar-refractivity contribution in [2.24, 2.45) is 0 Å². The first-order valence-corrected chi connectivity index (χ1v) is 7.02. The Morgan fingerprint density at radius 1 is 1.55 bits per heavy atom. The second kappa shape index (κ2) is 6.72.